The summed E-state index contributed by atoms with van der Waals surface area (Å²) >= 11 is 1.77. The zero-order chi connectivity index (χ0) is 11.1. The third-order valence-corrected chi connectivity index (χ3v) is 3.20. The molecule has 1 aromatic heterocycles. The van der Waals surface area contributed by atoms with Crippen LogP contribution in [0, 0.1) is 6.92 Å². The van der Waals surface area contributed by atoms with Crippen LogP contribution >= 0.6 is 11.3 Å². The van der Waals surface area contributed by atoms with E-state index in [1.807, 2.05) is 6.92 Å². The Kier molecular flexibility index (Phi) is 5.36. The monoisotopic (exact) mass is 228 g/mol. The molecule has 2 N–H and O–H groups in total. The Morgan fingerprint density at radius 3 is 3.00 bits per heavy atom. The van der Waals surface area contributed by atoms with E-state index in [9.17, 15) is 4.79 Å². The minimum atomic E-state index is -0.100. The Morgan fingerprint density at radius 1 is 1.60 bits per heavy atom. The van der Waals surface area contributed by atoms with Crippen LogP contribution in [0.3, 0.4) is 0 Å². The molecule has 15 heavy (non-hydrogen) atoms. The number of esters is 1. The van der Waals surface area contributed by atoms with E-state index in [4.69, 9.17) is 4.74 Å². The van der Waals surface area contributed by atoms with E-state index < -0.39 is 0 Å². The molecule has 0 saturated carbocycles. The van der Waals surface area contributed by atoms with Crippen molar-refractivity contribution in [3.05, 3.63) is 21.9 Å². The standard InChI is InChI=1S/C11H17NO2S/c1-3-14-11(13)4-6-12-8-10-9(2)5-7-15-10/h5,7,12H,3-4,6,8H2,1-2H3/p+1. The van der Waals surface area contributed by atoms with Gasteiger partial charge in [0.05, 0.1) is 24.4 Å². The molecule has 0 aromatic carbocycles. The first kappa shape index (κ1) is 12.2. The van der Waals surface area contributed by atoms with E-state index in [1.165, 1.54) is 10.4 Å². The number of aryl methyl sites for hydroxylation is 1. The Hall–Kier alpha value is -0.870. The molecule has 0 aliphatic heterocycles. The average molecular weight is 228 g/mol. The maximum atomic E-state index is 11.0. The lowest BCUT2D eigenvalue weighted by atomic mass is 10.3. The van der Waals surface area contributed by atoms with Crippen LogP contribution in [0.15, 0.2) is 11.4 Å². The molecule has 1 heterocycles. The van der Waals surface area contributed by atoms with Gasteiger partial charge >= 0.3 is 5.97 Å². The third kappa shape index (κ3) is 4.44. The van der Waals surface area contributed by atoms with Gasteiger partial charge in [0.1, 0.15) is 6.54 Å². The van der Waals surface area contributed by atoms with Crippen LogP contribution in [0.4, 0.5) is 0 Å². The minimum Gasteiger partial charge on any atom is -0.466 e. The molecule has 0 aliphatic carbocycles. The van der Waals surface area contributed by atoms with Gasteiger partial charge in [-0.15, -0.1) is 11.3 Å². The van der Waals surface area contributed by atoms with E-state index in [-0.39, 0.29) is 5.97 Å². The first-order valence-corrected chi connectivity index (χ1v) is 6.12. The lowest BCUT2D eigenvalue weighted by Gasteiger charge is -2.01. The van der Waals surface area contributed by atoms with Gasteiger partial charge in [0.15, 0.2) is 0 Å². The fourth-order valence-corrected chi connectivity index (χ4v) is 2.20. The van der Waals surface area contributed by atoms with Crippen LogP contribution in [0.5, 0.6) is 0 Å². The molecular formula is C11H18NO2S+. The van der Waals surface area contributed by atoms with Gasteiger partial charge in [0.25, 0.3) is 0 Å². The van der Waals surface area contributed by atoms with Crippen molar-refractivity contribution in [1.82, 2.24) is 0 Å². The number of hydrogen-bond acceptors (Lipinski definition) is 3. The summed E-state index contributed by atoms with van der Waals surface area (Å²) in [5.41, 5.74) is 1.34. The molecule has 0 fully saturated rings. The summed E-state index contributed by atoms with van der Waals surface area (Å²) in [6.07, 6.45) is 0.498. The molecule has 0 aliphatic rings. The smallest absolute Gasteiger partial charge is 0.311 e. The maximum Gasteiger partial charge on any atom is 0.311 e. The molecule has 1 rings (SSSR count). The van der Waals surface area contributed by atoms with Crippen molar-refractivity contribution in [2.24, 2.45) is 0 Å². The Labute approximate surface area is 94.5 Å². The normalized spacial score (nSPS) is 10.3. The number of thiophene rings is 1. The molecule has 0 atom stereocenters. The van der Waals surface area contributed by atoms with Crippen LogP contribution < -0.4 is 5.32 Å². The lowest BCUT2D eigenvalue weighted by molar-refractivity contribution is -0.669. The van der Waals surface area contributed by atoms with Crippen molar-refractivity contribution in [3.63, 3.8) is 0 Å². The number of ether oxygens (including phenoxy) is 1. The molecule has 0 spiro atoms. The highest BCUT2D eigenvalue weighted by Gasteiger charge is 2.04. The Morgan fingerprint density at radius 2 is 2.40 bits per heavy atom. The molecule has 0 radical (unpaired) electrons. The highest BCUT2D eigenvalue weighted by molar-refractivity contribution is 7.10. The first-order valence-electron chi connectivity index (χ1n) is 5.24. The molecule has 4 heteroatoms. The highest BCUT2D eigenvalue weighted by atomic mass is 32.1. The zero-order valence-electron chi connectivity index (χ0n) is 9.29. The quantitative estimate of drug-likeness (QED) is 0.584. The zero-order valence-corrected chi connectivity index (χ0v) is 10.1. The number of carbonyl (C=O) groups is 1. The van der Waals surface area contributed by atoms with Crippen molar-refractivity contribution in [1.29, 1.82) is 0 Å². The van der Waals surface area contributed by atoms with Crippen molar-refractivity contribution in [2.75, 3.05) is 13.2 Å². The van der Waals surface area contributed by atoms with Gasteiger partial charge in [0.2, 0.25) is 0 Å². The van der Waals surface area contributed by atoms with Crippen molar-refractivity contribution < 1.29 is 14.8 Å². The van der Waals surface area contributed by atoms with Gasteiger partial charge in [-0.25, -0.2) is 0 Å². The van der Waals surface area contributed by atoms with Gasteiger partial charge in [-0.2, -0.15) is 0 Å². The number of quaternary nitrogens is 1. The van der Waals surface area contributed by atoms with E-state index >= 15 is 0 Å². The largest absolute Gasteiger partial charge is 0.466 e. The number of hydrogen-bond donors (Lipinski definition) is 1. The SMILES string of the molecule is CCOC(=O)CC[NH2+]Cc1sccc1C. The second-order valence-corrected chi connectivity index (χ2v) is 4.36. The summed E-state index contributed by atoms with van der Waals surface area (Å²) < 4.78 is 4.85. The van der Waals surface area contributed by atoms with Crippen LogP contribution in [0.1, 0.15) is 23.8 Å². The predicted octanol–water partition coefficient (Wildman–Crippen LogP) is 1.07. The van der Waals surface area contributed by atoms with E-state index in [0.29, 0.717) is 13.0 Å². The van der Waals surface area contributed by atoms with Crippen molar-refractivity contribution in [2.45, 2.75) is 26.8 Å². The van der Waals surface area contributed by atoms with Gasteiger partial charge in [-0.1, -0.05) is 0 Å². The van der Waals surface area contributed by atoms with Crippen LogP contribution in [-0.2, 0) is 16.1 Å². The summed E-state index contributed by atoms with van der Waals surface area (Å²) in [5, 5.41) is 4.25. The molecule has 84 valence electrons. The summed E-state index contributed by atoms with van der Waals surface area (Å²) in [5.74, 6) is -0.100. The summed E-state index contributed by atoms with van der Waals surface area (Å²) in [6.45, 7) is 6.18. The minimum absolute atomic E-state index is 0.100. The van der Waals surface area contributed by atoms with Crippen molar-refractivity contribution >= 4 is 17.3 Å². The van der Waals surface area contributed by atoms with E-state index in [2.05, 4.69) is 23.7 Å². The van der Waals surface area contributed by atoms with E-state index in [0.717, 1.165) is 13.1 Å². The molecule has 0 bridgehead atoms. The topological polar surface area (TPSA) is 42.9 Å². The highest BCUT2D eigenvalue weighted by Crippen LogP contribution is 2.13. The number of nitrogens with two attached hydrogens (primary N) is 1. The molecular weight excluding hydrogens is 210 g/mol. The number of rotatable bonds is 6. The van der Waals surface area contributed by atoms with Crippen LogP contribution in [-0.4, -0.2) is 19.1 Å². The van der Waals surface area contributed by atoms with Gasteiger partial charge in [-0.3, -0.25) is 4.79 Å². The van der Waals surface area contributed by atoms with Gasteiger partial charge < -0.3 is 10.1 Å². The van der Waals surface area contributed by atoms with Crippen molar-refractivity contribution in [3.8, 4) is 0 Å². The molecule has 3 nitrogen and oxygen atoms in total. The Balaban J connectivity index is 2.12. The third-order valence-electron chi connectivity index (χ3n) is 2.16. The summed E-state index contributed by atoms with van der Waals surface area (Å²) in [4.78, 5) is 12.4. The predicted molar refractivity (Wildman–Crippen MR) is 60.8 cm³/mol. The summed E-state index contributed by atoms with van der Waals surface area (Å²) in [7, 11) is 0. The molecule has 1 aromatic rings. The second kappa shape index (κ2) is 6.58. The maximum absolute atomic E-state index is 11.0. The second-order valence-electron chi connectivity index (χ2n) is 3.36. The van der Waals surface area contributed by atoms with E-state index in [1.54, 1.807) is 11.3 Å². The average Bonchev–Trinajstić information content (AvgIpc) is 2.60. The lowest BCUT2D eigenvalue weighted by Crippen LogP contribution is -2.82. The molecule has 0 saturated heterocycles. The van der Waals surface area contributed by atoms with Crippen LogP contribution in [0.2, 0.25) is 0 Å². The molecule has 0 amide bonds. The molecule has 0 unspecified atom stereocenters. The fraction of sp³-hybridized carbons (Fsp3) is 0.545. The van der Waals surface area contributed by atoms with Crippen LogP contribution in [0.25, 0.3) is 0 Å². The number of carbonyl (C=O) groups excluding carboxylic acids is 1. The Bertz CT molecular complexity index is 309. The summed E-state index contributed by atoms with van der Waals surface area (Å²) in [6, 6.07) is 2.12. The fourth-order valence-electron chi connectivity index (χ4n) is 1.30. The van der Waals surface area contributed by atoms with Gasteiger partial charge in [-0.05, 0) is 30.9 Å². The van der Waals surface area contributed by atoms with Gasteiger partial charge in [0, 0.05) is 0 Å². The first-order chi connectivity index (χ1) is 7.24.